The molecule has 39 heavy (non-hydrogen) atoms. The molecule has 10 heteroatoms. The van der Waals surface area contributed by atoms with E-state index in [-0.39, 0.29) is 35.9 Å². The van der Waals surface area contributed by atoms with Crippen molar-refractivity contribution in [1.29, 1.82) is 0 Å². The summed E-state index contributed by atoms with van der Waals surface area (Å²) in [7, 11) is 0. The minimum Gasteiger partial charge on any atom is -0.327 e. The molecule has 3 aromatic carbocycles. The number of nitrogens with one attached hydrogen (secondary N) is 3. The lowest BCUT2D eigenvalue weighted by Crippen LogP contribution is -2.43. The van der Waals surface area contributed by atoms with Gasteiger partial charge >= 0.3 is 11.4 Å². The molecule has 0 atom stereocenters. The van der Waals surface area contributed by atoms with Gasteiger partial charge < -0.3 is 5.32 Å². The first-order chi connectivity index (χ1) is 18.9. The Bertz CT molecular complexity index is 1810. The van der Waals surface area contributed by atoms with E-state index in [1.807, 2.05) is 60.7 Å². The van der Waals surface area contributed by atoms with Crippen molar-refractivity contribution in [2.24, 2.45) is 0 Å². The highest BCUT2D eigenvalue weighted by Crippen LogP contribution is 2.40. The molecule has 0 bridgehead atoms. The van der Waals surface area contributed by atoms with Crippen LogP contribution in [0.15, 0.2) is 104 Å². The summed E-state index contributed by atoms with van der Waals surface area (Å²) in [5.74, 6) is -1.17. The van der Waals surface area contributed by atoms with Crippen LogP contribution in [0.4, 0.5) is 16.0 Å². The summed E-state index contributed by atoms with van der Waals surface area (Å²) in [5.41, 5.74) is -0.415. The summed E-state index contributed by atoms with van der Waals surface area (Å²) in [6.45, 7) is 0.229. The van der Waals surface area contributed by atoms with Crippen LogP contribution in [-0.4, -0.2) is 19.1 Å². The van der Waals surface area contributed by atoms with Gasteiger partial charge in [0.2, 0.25) is 0 Å². The van der Waals surface area contributed by atoms with Crippen LogP contribution < -0.4 is 27.8 Å². The van der Waals surface area contributed by atoms with E-state index in [1.54, 1.807) is 0 Å². The fourth-order valence-corrected chi connectivity index (χ4v) is 5.06. The molecule has 0 amide bonds. The molecule has 0 radical (unpaired) electrons. The predicted octanol–water partition coefficient (Wildman–Crippen LogP) is 2.86. The van der Waals surface area contributed by atoms with Gasteiger partial charge in [-0.15, -0.1) is 0 Å². The number of benzene rings is 3. The number of hydrogen-bond donors (Lipinski definition) is 3. The molecule has 6 rings (SSSR count). The van der Waals surface area contributed by atoms with Crippen LogP contribution in [0.2, 0.25) is 0 Å². The summed E-state index contributed by atoms with van der Waals surface area (Å²) in [4.78, 5) is 57.6. The van der Waals surface area contributed by atoms with E-state index in [2.05, 4.69) is 15.3 Å². The number of hydrogen-bond acceptors (Lipinski definition) is 5. The van der Waals surface area contributed by atoms with E-state index < -0.39 is 34.2 Å². The summed E-state index contributed by atoms with van der Waals surface area (Å²) in [5, 5.41) is 3.10. The quantitative estimate of drug-likeness (QED) is 0.321. The maximum atomic E-state index is 13.9. The van der Waals surface area contributed by atoms with Gasteiger partial charge in [-0.2, -0.15) is 0 Å². The lowest BCUT2D eigenvalue weighted by molar-refractivity contribution is 0.626. The Balaban J connectivity index is 1.65. The highest BCUT2D eigenvalue weighted by Gasteiger charge is 2.36. The normalized spacial score (nSPS) is 12.4. The van der Waals surface area contributed by atoms with Crippen LogP contribution in [0.1, 0.15) is 33.7 Å². The molecule has 1 aliphatic rings. The first kappa shape index (κ1) is 24.1. The Morgan fingerprint density at radius 1 is 0.615 bits per heavy atom. The van der Waals surface area contributed by atoms with Gasteiger partial charge in [-0.05, 0) is 28.8 Å². The Morgan fingerprint density at radius 2 is 1.05 bits per heavy atom. The monoisotopic (exact) mass is 523 g/mol. The van der Waals surface area contributed by atoms with Crippen LogP contribution in [0.5, 0.6) is 0 Å². The van der Waals surface area contributed by atoms with Gasteiger partial charge in [0.15, 0.2) is 0 Å². The summed E-state index contributed by atoms with van der Waals surface area (Å²) in [6, 6.07) is 23.8. The zero-order valence-corrected chi connectivity index (χ0v) is 20.5. The second-order valence-electron chi connectivity index (χ2n) is 9.30. The first-order valence-electron chi connectivity index (χ1n) is 12.2. The van der Waals surface area contributed by atoms with Crippen LogP contribution >= 0.6 is 0 Å². The summed E-state index contributed by atoms with van der Waals surface area (Å²) in [6.07, 6.45) is 0. The molecule has 0 spiro atoms. The molecule has 1 aliphatic heterocycles. The Morgan fingerprint density at radius 3 is 1.49 bits per heavy atom. The largest absolute Gasteiger partial charge is 0.330 e. The minimum atomic E-state index is -0.991. The van der Waals surface area contributed by atoms with E-state index >= 15 is 0 Å². The number of rotatable bonds is 5. The molecule has 9 nitrogen and oxygen atoms in total. The molecule has 0 fully saturated rings. The van der Waals surface area contributed by atoms with Crippen molar-refractivity contribution in [3.63, 3.8) is 0 Å². The molecule has 3 heterocycles. The molecule has 0 aliphatic carbocycles. The van der Waals surface area contributed by atoms with E-state index in [4.69, 9.17) is 0 Å². The van der Waals surface area contributed by atoms with E-state index in [0.29, 0.717) is 5.56 Å². The number of halogens is 1. The Hall–Kier alpha value is -5.25. The fraction of sp³-hybridized carbons (Fsp3) is 0.103. The van der Waals surface area contributed by atoms with Gasteiger partial charge in [-0.1, -0.05) is 72.8 Å². The molecular formula is C29H22FN5O4. The standard InChI is InChI=1S/C29H22FN5O4/c30-20-13-11-19(12-14-20)21-22-24(34(28(38)32-26(22)36)15-17-7-3-1-4-8-17)31-25-23(21)27(37)33-29(39)35(25)16-18-9-5-2-6-10-18/h1-14,21,31H,15-16H2,(H,32,36,38)(H,33,37,39). The van der Waals surface area contributed by atoms with Crippen molar-refractivity contribution in [2.45, 2.75) is 19.0 Å². The third-order valence-electron chi connectivity index (χ3n) is 6.86. The molecule has 0 saturated heterocycles. The van der Waals surface area contributed by atoms with Crippen LogP contribution in [0.25, 0.3) is 0 Å². The second-order valence-corrected chi connectivity index (χ2v) is 9.30. The zero-order valence-electron chi connectivity index (χ0n) is 20.5. The highest BCUT2D eigenvalue weighted by atomic mass is 19.1. The first-order valence-corrected chi connectivity index (χ1v) is 12.2. The van der Waals surface area contributed by atoms with Crippen molar-refractivity contribution < 1.29 is 4.39 Å². The number of H-pyrrole nitrogens is 2. The third kappa shape index (κ3) is 4.31. The van der Waals surface area contributed by atoms with Crippen molar-refractivity contribution in [3.05, 3.63) is 160 Å². The molecule has 3 N–H and O–H groups in total. The van der Waals surface area contributed by atoms with Gasteiger partial charge in [0.1, 0.15) is 17.5 Å². The molecule has 194 valence electrons. The van der Waals surface area contributed by atoms with Gasteiger partial charge in [0.05, 0.1) is 30.1 Å². The average molecular weight is 524 g/mol. The van der Waals surface area contributed by atoms with Crippen molar-refractivity contribution in [1.82, 2.24) is 19.1 Å². The lowest BCUT2D eigenvalue weighted by atomic mass is 9.84. The lowest BCUT2D eigenvalue weighted by Gasteiger charge is -2.31. The van der Waals surface area contributed by atoms with Gasteiger partial charge in [-0.25, -0.2) is 14.0 Å². The fourth-order valence-electron chi connectivity index (χ4n) is 5.06. The zero-order chi connectivity index (χ0) is 27.1. The number of nitrogens with zero attached hydrogens (tertiary/aromatic N) is 2. The molecular weight excluding hydrogens is 501 g/mol. The number of aromatic amines is 2. The SMILES string of the molecule is O=c1[nH]c(=O)n(Cc2ccccc2)c2c1C(c1ccc(F)cc1)c1c(n(Cc3ccccc3)c(=O)[nH]c1=O)N2. The van der Waals surface area contributed by atoms with Crippen LogP contribution in [-0.2, 0) is 13.1 Å². The third-order valence-corrected chi connectivity index (χ3v) is 6.86. The van der Waals surface area contributed by atoms with Crippen LogP contribution in [0, 0.1) is 5.82 Å². The summed E-state index contributed by atoms with van der Waals surface area (Å²) < 4.78 is 16.6. The maximum absolute atomic E-state index is 13.9. The summed E-state index contributed by atoms with van der Waals surface area (Å²) >= 11 is 0. The predicted molar refractivity (Wildman–Crippen MR) is 144 cm³/mol. The molecule has 0 saturated carbocycles. The number of anilines is 2. The molecule has 0 unspecified atom stereocenters. The topological polar surface area (TPSA) is 122 Å². The van der Waals surface area contributed by atoms with Gasteiger partial charge in [0, 0.05) is 0 Å². The van der Waals surface area contributed by atoms with Gasteiger partial charge in [-0.3, -0.25) is 28.7 Å². The second kappa shape index (κ2) is 9.56. The van der Waals surface area contributed by atoms with E-state index in [0.717, 1.165) is 11.1 Å². The van der Waals surface area contributed by atoms with Crippen LogP contribution in [0.3, 0.4) is 0 Å². The van der Waals surface area contributed by atoms with E-state index in [1.165, 1.54) is 33.4 Å². The maximum Gasteiger partial charge on any atom is 0.330 e. The average Bonchev–Trinajstić information content (AvgIpc) is 2.94. The molecule has 5 aromatic rings. The van der Waals surface area contributed by atoms with Crippen molar-refractivity contribution in [2.75, 3.05) is 5.32 Å². The highest BCUT2D eigenvalue weighted by molar-refractivity contribution is 5.70. The number of fused-ring (bicyclic) bond motifs is 2. The Kier molecular flexibility index (Phi) is 5.91. The van der Waals surface area contributed by atoms with E-state index in [9.17, 15) is 23.6 Å². The minimum absolute atomic E-state index is 0.111. The van der Waals surface area contributed by atoms with Crippen molar-refractivity contribution >= 4 is 11.6 Å². The molecule has 2 aromatic heterocycles. The number of aromatic nitrogens is 4. The Labute approximate surface area is 219 Å². The smallest absolute Gasteiger partial charge is 0.327 e. The van der Waals surface area contributed by atoms with Gasteiger partial charge in [0.25, 0.3) is 11.1 Å². The van der Waals surface area contributed by atoms with Crippen molar-refractivity contribution in [3.8, 4) is 0 Å².